The molecule has 0 amide bonds. The van der Waals surface area contributed by atoms with Crippen molar-refractivity contribution in [3.63, 3.8) is 0 Å². The Kier molecular flexibility index (Phi) is 8.69. The summed E-state index contributed by atoms with van der Waals surface area (Å²) in [7, 11) is 1.77. The normalized spacial score (nSPS) is 17.4. The molecule has 0 heterocycles. The van der Waals surface area contributed by atoms with E-state index < -0.39 is 0 Å². The van der Waals surface area contributed by atoms with E-state index in [2.05, 4.69) is 43.2 Å². The molecule has 1 rings (SSSR count). The Hall–Kier alpha value is -0.810. The molecule has 0 spiro atoms. The largest absolute Gasteiger partial charge is 0.383 e. The Bertz CT molecular complexity index is 303. The highest BCUT2D eigenvalue weighted by Gasteiger charge is 2.28. The van der Waals surface area contributed by atoms with Gasteiger partial charge >= 0.3 is 0 Å². The molecule has 1 aliphatic carbocycles. The lowest BCUT2D eigenvalue weighted by molar-refractivity contribution is 0.145. The van der Waals surface area contributed by atoms with E-state index in [-0.39, 0.29) is 0 Å². The van der Waals surface area contributed by atoms with Crippen LogP contribution in [-0.2, 0) is 4.74 Å². The molecule has 0 aromatic carbocycles. The van der Waals surface area contributed by atoms with Crippen molar-refractivity contribution < 1.29 is 4.74 Å². The molecule has 1 aliphatic rings. The van der Waals surface area contributed by atoms with Gasteiger partial charge in [0.1, 0.15) is 0 Å². The molecule has 5 nitrogen and oxygen atoms in total. The number of hydrogen-bond acceptors (Lipinski definition) is 3. The molecule has 124 valence electrons. The lowest BCUT2D eigenvalue weighted by Crippen LogP contribution is -2.44. The highest BCUT2D eigenvalue weighted by molar-refractivity contribution is 5.80. The molecule has 5 heteroatoms. The van der Waals surface area contributed by atoms with Crippen LogP contribution in [0.3, 0.4) is 0 Å². The third-order valence-corrected chi connectivity index (χ3v) is 4.01. The molecule has 1 unspecified atom stereocenters. The van der Waals surface area contributed by atoms with E-state index >= 15 is 0 Å². The van der Waals surface area contributed by atoms with E-state index in [1.165, 1.54) is 12.8 Å². The Morgan fingerprint density at radius 2 is 2.00 bits per heavy atom. The molecular formula is C16H34N4O. The van der Waals surface area contributed by atoms with E-state index in [9.17, 15) is 0 Å². The maximum atomic E-state index is 5.19. The summed E-state index contributed by atoms with van der Waals surface area (Å²) in [5.74, 6) is 1.53. The van der Waals surface area contributed by atoms with E-state index in [4.69, 9.17) is 9.73 Å². The van der Waals surface area contributed by atoms with Gasteiger partial charge < -0.3 is 15.4 Å². The van der Waals surface area contributed by atoms with Crippen molar-refractivity contribution >= 4 is 5.96 Å². The number of nitrogens with zero attached hydrogens (tertiary/aromatic N) is 2. The number of aliphatic imine (C=N–C) groups is 1. The average molecular weight is 298 g/mol. The number of hydrogen-bond donors (Lipinski definition) is 2. The lowest BCUT2D eigenvalue weighted by Gasteiger charge is -2.22. The first-order valence-corrected chi connectivity index (χ1v) is 8.36. The summed E-state index contributed by atoms with van der Waals surface area (Å²) in [5.41, 5.74) is 0. The van der Waals surface area contributed by atoms with Crippen molar-refractivity contribution in [2.75, 3.05) is 39.9 Å². The molecule has 0 saturated heterocycles. The fourth-order valence-electron chi connectivity index (χ4n) is 2.12. The van der Waals surface area contributed by atoms with Gasteiger partial charge in [-0.25, -0.2) is 0 Å². The number of rotatable bonds is 10. The van der Waals surface area contributed by atoms with E-state index in [0.717, 1.165) is 44.8 Å². The average Bonchev–Trinajstić information content (AvgIpc) is 3.27. The summed E-state index contributed by atoms with van der Waals surface area (Å²) < 4.78 is 5.19. The zero-order chi connectivity index (χ0) is 15.7. The Morgan fingerprint density at radius 3 is 2.52 bits per heavy atom. The van der Waals surface area contributed by atoms with Crippen LogP contribution in [0.5, 0.6) is 0 Å². The first-order chi connectivity index (χ1) is 10.1. The minimum atomic E-state index is 0.427. The summed E-state index contributed by atoms with van der Waals surface area (Å²) in [6, 6.07) is 1.19. The van der Waals surface area contributed by atoms with Gasteiger partial charge in [-0.3, -0.25) is 9.89 Å². The Balaban J connectivity index is 2.40. The van der Waals surface area contributed by atoms with Crippen LogP contribution in [0, 0.1) is 5.92 Å². The monoisotopic (exact) mass is 298 g/mol. The highest BCUT2D eigenvalue weighted by atomic mass is 16.5. The predicted octanol–water partition coefficient (Wildman–Crippen LogP) is 1.70. The van der Waals surface area contributed by atoms with E-state index in [0.29, 0.717) is 12.0 Å². The van der Waals surface area contributed by atoms with Gasteiger partial charge in [0, 0.05) is 38.8 Å². The van der Waals surface area contributed by atoms with Gasteiger partial charge in [-0.15, -0.1) is 0 Å². The number of guanidine groups is 1. The molecule has 0 aliphatic heterocycles. The molecule has 0 radical (unpaired) electrons. The topological polar surface area (TPSA) is 48.9 Å². The van der Waals surface area contributed by atoms with Gasteiger partial charge in [0.2, 0.25) is 0 Å². The minimum Gasteiger partial charge on any atom is -0.383 e. The summed E-state index contributed by atoms with van der Waals surface area (Å²) in [4.78, 5) is 7.21. The Labute approximate surface area is 130 Å². The van der Waals surface area contributed by atoms with Crippen molar-refractivity contribution in [1.29, 1.82) is 0 Å². The third kappa shape index (κ3) is 7.67. The van der Waals surface area contributed by atoms with Crippen molar-refractivity contribution in [1.82, 2.24) is 15.5 Å². The summed E-state index contributed by atoms with van der Waals surface area (Å²) in [6.45, 7) is 13.3. The zero-order valence-electron chi connectivity index (χ0n) is 14.5. The first-order valence-electron chi connectivity index (χ1n) is 8.36. The smallest absolute Gasteiger partial charge is 0.191 e. The summed E-state index contributed by atoms with van der Waals surface area (Å²) in [5, 5.41) is 6.80. The lowest BCUT2D eigenvalue weighted by atomic mass is 10.1. The van der Waals surface area contributed by atoms with Crippen LogP contribution in [0.15, 0.2) is 4.99 Å². The summed E-state index contributed by atoms with van der Waals surface area (Å²) >= 11 is 0. The van der Waals surface area contributed by atoms with Crippen molar-refractivity contribution in [2.24, 2.45) is 10.9 Å². The van der Waals surface area contributed by atoms with Crippen molar-refractivity contribution in [3.8, 4) is 0 Å². The highest BCUT2D eigenvalue weighted by Crippen LogP contribution is 2.26. The van der Waals surface area contributed by atoms with Crippen LogP contribution < -0.4 is 10.6 Å². The first kappa shape index (κ1) is 18.2. The molecule has 1 atom stereocenters. The predicted molar refractivity (Wildman–Crippen MR) is 89.9 cm³/mol. The fourth-order valence-corrected chi connectivity index (χ4v) is 2.12. The third-order valence-electron chi connectivity index (χ3n) is 4.01. The Morgan fingerprint density at radius 1 is 1.29 bits per heavy atom. The second-order valence-corrected chi connectivity index (χ2v) is 6.20. The van der Waals surface area contributed by atoms with Gasteiger partial charge in [-0.05, 0) is 32.6 Å². The van der Waals surface area contributed by atoms with Gasteiger partial charge in [-0.2, -0.15) is 0 Å². The van der Waals surface area contributed by atoms with Crippen LogP contribution in [0.4, 0.5) is 0 Å². The standard InChI is InChI=1S/C16H34N4O/c1-6-17-16(19-14(4)13(2)3)18-9-10-20(11-12-21-5)15-7-8-15/h13-15H,6-12H2,1-5H3,(H2,17,18,19). The van der Waals surface area contributed by atoms with Crippen LogP contribution in [0.25, 0.3) is 0 Å². The second-order valence-electron chi connectivity index (χ2n) is 6.20. The van der Waals surface area contributed by atoms with Crippen LogP contribution in [0.1, 0.15) is 40.5 Å². The van der Waals surface area contributed by atoms with Crippen LogP contribution in [0.2, 0.25) is 0 Å². The van der Waals surface area contributed by atoms with E-state index in [1.54, 1.807) is 7.11 Å². The molecule has 0 aromatic rings. The number of nitrogens with one attached hydrogen (secondary N) is 2. The minimum absolute atomic E-state index is 0.427. The molecule has 1 saturated carbocycles. The van der Waals surface area contributed by atoms with Crippen LogP contribution >= 0.6 is 0 Å². The maximum Gasteiger partial charge on any atom is 0.191 e. The second kappa shape index (κ2) is 10.0. The van der Waals surface area contributed by atoms with Crippen LogP contribution in [-0.4, -0.2) is 62.8 Å². The number of ether oxygens (including phenoxy) is 1. The van der Waals surface area contributed by atoms with Gasteiger partial charge in [-0.1, -0.05) is 13.8 Å². The molecule has 2 N–H and O–H groups in total. The molecule has 0 bridgehead atoms. The van der Waals surface area contributed by atoms with Crippen molar-refractivity contribution in [3.05, 3.63) is 0 Å². The quantitative estimate of drug-likeness (QED) is 0.476. The van der Waals surface area contributed by atoms with Gasteiger partial charge in [0.05, 0.1) is 13.2 Å². The molecule has 0 aromatic heterocycles. The molecule has 21 heavy (non-hydrogen) atoms. The number of methoxy groups -OCH3 is 1. The zero-order valence-corrected chi connectivity index (χ0v) is 14.5. The van der Waals surface area contributed by atoms with E-state index in [1.807, 2.05) is 0 Å². The summed E-state index contributed by atoms with van der Waals surface area (Å²) in [6.07, 6.45) is 2.66. The van der Waals surface area contributed by atoms with Gasteiger partial charge in [0.25, 0.3) is 0 Å². The fraction of sp³-hybridized carbons (Fsp3) is 0.938. The molecule has 1 fully saturated rings. The maximum absolute atomic E-state index is 5.19. The van der Waals surface area contributed by atoms with Crippen molar-refractivity contribution in [2.45, 2.75) is 52.6 Å². The molecular weight excluding hydrogens is 264 g/mol. The van der Waals surface area contributed by atoms with Gasteiger partial charge in [0.15, 0.2) is 5.96 Å². The SMILES string of the molecule is CCNC(=NCCN(CCOC)C1CC1)NC(C)C(C)C.